The SMILES string of the molecule is Cc1ccc(-c2csc(NC(=O)CCCCC(=O)Nc3nc(-c4ccc(C)cc4C)cs3)n2)c(C)c1. The Balaban J connectivity index is 1.19. The summed E-state index contributed by atoms with van der Waals surface area (Å²) in [5, 5.41) is 10.9. The first-order valence-electron chi connectivity index (χ1n) is 11.9. The molecule has 8 heteroatoms. The highest BCUT2D eigenvalue weighted by atomic mass is 32.1. The molecule has 2 amide bonds. The number of anilines is 2. The van der Waals surface area contributed by atoms with Crippen molar-refractivity contribution in [1.29, 1.82) is 0 Å². The average molecular weight is 519 g/mol. The molecule has 2 aromatic carbocycles. The quantitative estimate of drug-likeness (QED) is 0.228. The Morgan fingerprint density at radius 1 is 0.694 bits per heavy atom. The fraction of sp³-hybridized carbons (Fsp3) is 0.286. The molecule has 0 saturated heterocycles. The largest absolute Gasteiger partial charge is 0.302 e. The van der Waals surface area contributed by atoms with E-state index in [-0.39, 0.29) is 11.8 Å². The van der Waals surface area contributed by atoms with Crippen LogP contribution in [0.5, 0.6) is 0 Å². The number of aryl methyl sites for hydroxylation is 4. The van der Waals surface area contributed by atoms with Crippen LogP contribution in [0.2, 0.25) is 0 Å². The molecule has 6 nitrogen and oxygen atoms in total. The van der Waals surface area contributed by atoms with Gasteiger partial charge in [0.05, 0.1) is 11.4 Å². The summed E-state index contributed by atoms with van der Waals surface area (Å²) in [7, 11) is 0. The molecule has 186 valence electrons. The zero-order valence-corrected chi connectivity index (χ0v) is 22.6. The first-order chi connectivity index (χ1) is 17.3. The van der Waals surface area contributed by atoms with Crippen LogP contribution in [0.3, 0.4) is 0 Å². The summed E-state index contributed by atoms with van der Waals surface area (Å²) in [5.41, 5.74) is 8.63. The second-order valence-corrected chi connectivity index (χ2v) is 10.7. The molecule has 2 N–H and O–H groups in total. The number of nitrogens with zero attached hydrogens (tertiary/aromatic N) is 2. The monoisotopic (exact) mass is 518 g/mol. The predicted molar refractivity (Wildman–Crippen MR) is 150 cm³/mol. The van der Waals surface area contributed by atoms with Crippen molar-refractivity contribution < 1.29 is 9.59 Å². The maximum absolute atomic E-state index is 12.3. The maximum Gasteiger partial charge on any atom is 0.226 e. The van der Waals surface area contributed by atoms with Crippen molar-refractivity contribution in [3.63, 3.8) is 0 Å². The van der Waals surface area contributed by atoms with E-state index >= 15 is 0 Å². The lowest BCUT2D eigenvalue weighted by Crippen LogP contribution is -2.13. The minimum absolute atomic E-state index is 0.0880. The summed E-state index contributed by atoms with van der Waals surface area (Å²) < 4.78 is 0. The van der Waals surface area contributed by atoms with Gasteiger partial charge in [0.2, 0.25) is 11.8 Å². The van der Waals surface area contributed by atoms with E-state index < -0.39 is 0 Å². The lowest BCUT2D eigenvalue weighted by molar-refractivity contribution is -0.118. The predicted octanol–water partition coefficient (Wildman–Crippen LogP) is 7.30. The van der Waals surface area contributed by atoms with Gasteiger partial charge in [-0.1, -0.05) is 47.5 Å². The van der Waals surface area contributed by atoms with Gasteiger partial charge in [0.15, 0.2) is 10.3 Å². The van der Waals surface area contributed by atoms with Crippen LogP contribution in [0.4, 0.5) is 10.3 Å². The van der Waals surface area contributed by atoms with Gasteiger partial charge in [-0.05, 0) is 51.7 Å². The minimum Gasteiger partial charge on any atom is -0.302 e. The number of hydrogen-bond acceptors (Lipinski definition) is 6. The van der Waals surface area contributed by atoms with Crippen LogP contribution in [-0.4, -0.2) is 21.8 Å². The van der Waals surface area contributed by atoms with Gasteiger partial charge in [0.1, 0.15) is 0 Å². The Morgan fingerprint density at radius 3 is 1.50 bits per heavy atom. The maximum atomic E-state index is 12.3. The molecule has 36 heavy (non-hydrogen) atoms. The molecule has 2 heterocycles. The van der Waals surface area contributed by atoms with Gasteiger partial charge in [-0.25, -0.2) is 9.97 Å². The highest BCUT2D eigenvalue weighted by Crippen LogP contribution is 2.29. The number of rotatable bonds is 9. The van der Waals surface area contributed by atoms with Crippen molar-refractivity contribution in [2.45, 2.75) is 53.4 Å². The Bertz CT molecular complexity index is 1280. The van der Waals surface area contributed by atoms with Gasteiger partial charge in [0.25, 0.3) is 0 Å². The Hall–Kier alpha value is -3.36. The number of carbonyl (C=O) groups excluding carboxylic acids is 2. The van der Waals surface area contributed by atoms with Crippen LogP contribution in [0.15, 0.2) is 47.2 Å². The number of unbranched alkanes of at least 4 members (excludes halogenated alkanes) is 1. The molecule has 0 spiro atoms. The molecular formula is C28H30N4O2S2. The van der Waals surface area contributed by atoms with Gasteiger partial charge >= 0.3 is 0 Å². The summed E-state index contributed by atoms with van der Waals surface area (Å²) in [6.45, 7) is 8.26. The number of nitrogens with one attached hydrogen (secondary N) is 2. The van der Waals surface area contributed by atoms with E-state index in [0.717, 1.165) is 33.6 Å². The Morgan fingerprint density at radius 2 is 1.11 bits per heavy atom. The van der Waals surface area contributed by atoms with Crippen LogP contribution >= 0.6 is 22.7 Å². The van der Waals surface area contributed by atoms with Crippen LogP contribution in [0.1, 0.15) is 47.9 Å². The van der Waals surface area contributed by atoms with Crippen molar-refractivity contribution >= 4 is 44.8 Å². The smallest absolute Gasteiger partial charge is 0.226 e. The summed E-state index contributed by atoms with van der Waals surface area (Å²) in [6.07, 6.45) is 1.94. The number of hydrogen-bond donors (Lipinski definition) is 2. The highest BCUT2D eigenvalue weighted by molar-refractivity contribution is 7.14. The first-order valence-corrected chi connectivity index (χ1v) is 13.7. The third kappa shape index (κ3) is 6.65. The van der Waals surface area contributed by atoms with E-state index in [0.29, 0.717) is 35.9 Å². The van der Waals surface area contributed by atoms with Crippen LogP contribution in [0, 0.1) is 27.7 Å². The molecule has 4 aromatic rings. The number of benzene rings is 2. The fourth-order valence-electron chi connectivity index (χ4n) is 4.05. The normalized spacial score (nSPS) is 10.9. The van der Waals surface area contributed by atoms with Crippen molar-refractivity contribution in [2.24, 2.45) is 0 Å². The molecule has 0 fully saturated rings. The average Bonchev–Trinajstić information content (AvgIpc) is 3.46. The lowest BCUT2D eigenvalue weighted by atomic mass is 10.0. The lowest BCUT2D eigenvalue weighted by Gasteiger charge is -2.05. The second kappa shape index (κ2) is 11.6. The topological polar surface area (TPSA) is 84.0 Å². The molecule has 0 aliphatic heterocycles. The summed E-state index contributed by atoms with van der Waals surface area (Å²) in [4.78, 5) is 33.8. The van der Waals surface area contributed by atoms with E-state index in [1.165, 1.54) is 33.8 Å². The van der Waals surface area contributed by atoms with Crippen molar-refractivity contribution in [2.75, 3.05) is 10.6 Å². The first kappa shape index (κ1) is 25.7. The van der Waals surface area contributed by atoms with Crippen molar-refractivity contribution in [3.8, 4) is 22.5 Å². The molecule has 0 aliphatic carbocycles. The summed E-state index contributed by atoms with van der Waals surface area (Å²) in [6, 6.07) is 12.5. The molecule has 0 atom stereocenters. The molecule has 0 radical (unpaired) electrons. The standard InChI is InChI=1S/C28H30N4O2S2/c1-17-9-11-21(19(3)13-17)23-15-35-27(29-23)31-25(33)7-5-6-8-26(34)32-28-30-24(16-36-28)22-12-10-18(2)14-20(22)4/h9-16H,5-8H2,1-4H3,(H,29,31,33)(H,30,32,34). The number of carbonyl (C=O) groups is 2. The molecular weight excluding hydrogens is 488 g/mol. The molecule has 0 unspecified atom stereocenters. The van der Waals surface area contributed by atoms with E-state index in [2.05, 4.69) is 84.7 Å². The van der Waals surface area contributed by atoms with Crippen LogP contribution < -0.4 is 10.6 Å². The number of thiazole rings is 2. The van der Waals surface area contributed by atoms with E-state index in [1.54, 1.807) is 0 Å². The van der Waals surface area contributed by atoms with Gasteiger partial charge < -0.3 is 10.6 Å². The molecule has 2 aromatic heterocycles. The van der Waals surface area contributed by atoms with Crippen LogP contribution in [0.25, 0.3) is 22.5 Å². The Labute approximate surface area is 219 Å². The fourth-order valence-corrected chi connectivity index (χ4v) is 5.50. The number of amides is 2. The zero-order valence-electron chi connectivity index (χ0n) is 21.0. The molecule has 0 saturated carbocycles. The zero-order chi connectivity index (χ0) is 25.7. The van der Waals surface area contributed by atoms with E-state index in [4.69, 9.17) is 0 Å². The Kier molecular flexibility index (Phi) is 8.28. The van der Waals surface area contributed by atoms with Gasteiger partial charge in [-0.2, -0.15) is 0 Å². The molecule has 0 bridgehead atoms. The van der Waals surface area contributed by atoms with Crippen molar-refractivity contribution in [1.82, 2.24) is 9.97 Å². The van der Waals surface area contributed by atoms with Gasteiger partial charge in [0, 0.05) is 34.7 Å². The third-order valence-electron chi connectivity index (χ3n) is 5.87. The van der Waals surface area contributed by atoms with Crippen LogP contribution in [-0.2, 0) is 9.59 Å². The molecule has 0 aliphatic rings. The van der Waals surface area contributed by atoms with Crippen molar-refractivity contribution in [3.05, 3.63) is 69.4 Å². The second-order valence-electron chi connectivity index (χ2n) is 9.02. The number of aromatic nitrogens is 2. The third-order valence-corrected chi connectivity index (χ3v) is 7.39. The highest BCUT2D eigenvalue weighted by Gasteiger charge is 2.12. The van der Waals surface area contributed by atoms with Gasteiger partial charge in [-0.15, -0.1) is 22.7 Å². The summed E-state index contributed by atoms with van der Waals surface area (Å²) >= 11 is 2.84. The molecule has 4 rings (SSSR count). The minimum atomic E-state index is -0.0880. The van der Waals surface area contributed by atoms with E-state index in [9.17, 15) is 9.59 Å². The van der Waals surface area contributed by atoms with Gasteiger partial charge in [-0.3, -0.25) is 9.59 Å². The van der Waals surface area contributed by atoms with E-state index in [1.807, 2.05) is 10.8 Å². The summed E-state index contributed by atoms with van der Waals surface area (Å²) in [5.74, 6) is -0.176.